The van der Waals surface area contributed by atoms with Crippen molar-refractivity contribution in [3.8, 4) is 0 Å². The topological polar surface area (TPSA) is 68.0 Å². The van der Waals surface area contributed by atoms with Gasteiger partial charge in [0.2, 0.25) is 0 Å². The van der Waals surface area contributed by atoms with E-state index in [1.807, 2.05) is 0 Å². The van der Waals surface area contributed by atoms with Gasteiger partial charge in [0.1, 0.15) is 0 Å². The van der Waals surface area contributed by atoms with E-state index in [2.05, 4.69) is 28.1 Å². The predicted octanol–water partition coefficient (Wildman–Crippen LogP) is 3.22. The van der Waals surface area contributed by atoms with Crippen LogP contribution in [-0.2, 0) is 11.2 Å². The zero-order valence-electron chi connectivity index (χ0n) is 12.3. The maximum absolute atomic E-state index is 10.5. The van der Waals surface area contributed by atoms with Crippen molar-refractivity contribution < 1.29 is 9.90 Å². The average Bonchev–Trinajstić information content (AvgIpc) is 2.92. The van der Waals surface area contributed by atoms with Gasteiger partial charge in [-0.3, -0.25) is 4.79 Å². The predicted molar refractivity (Wildman–Crippen MR) is 76.5 cm³/mol. The zero-order valence-corrected chi connectivity index (χ0v) is 12.3. The molecule has 0 aliphatic heterocycles. The molecule has 2 rings (SSSR count). The molecule has 20 heavy (non-hydrogen) atoms. The smallest absolute Gasteiger partial charge is 0.303 e. The van der Waals surface area contributed by atoms with E-state index in [0.29, 0.717) is 12.5 Å². The van der Waals surface area contributed by atoms with Crippen molar-refractivity contribution in [3.05, 3.63) is 11.9 Å². The van der Waals surface area contributed by atoms with Crippen LogP contribution in [0.15, 0.2) is 6.20 Å². The number of aryl methyl sites for hydroxylation is 1. The van der Waals surface area contributed by atoms with Gasteiger partial charge in [0.05, 0.1) is 11.7 Å². The van der Waals surface area contributed by atoms with Crippen molar-refractivity contribution >= 4 is 5.97 Å². The molecular weight excluding hydrogens is 254 g/mol. The summed E-state index contributed by atoms with van der Waals surface area (Å²) < 4.78 is 2.06. The summed E-state index contributed by atoms with van der Waals surface area (Å²) in [7, 11) is 0. The molecule has 0 aromatic carbocycles. The summed E-state index contributed by atoms with van der Waals surface area (Å²) in [6.07, 6.45) is 11.1. The van der Waals surface area contributed by atoms with Crippen LogP contribution in [0.1, 0.15) is 70.0 Å². The Labute approximate surface area is 120 Å². The van der Waals surface area contributed by atoms with E-state index in [-0.39, 0.29) is 6.42 Å². The van der Waals surface area contributed by atoms with Gasteiger partial charge in [-0.25, -0.2) is 4.68 Å². The number of hydrogen-bond donors (Lipinski definition) is 1. The highest BCUT2D eigenvalue weighted by atomic mass is 16.4. The van der Waals surface area contributed by atoms with Crippen molar-refractivity contribution in [3.63, 3.8) is 0 Å². The van der Waals surface area contributed by atoms with E-state index < -0.39 is 5.97 Å². The highest BCUT2D eigenvalue weighted by Gasteiger charge is 2.26. The molecule has 1 N–H and O–H groups in total. The minimum absolute atomic E-state index is 0.245. The third kappa shape index (κ3) is 4.05. The van der Waals surface area contributed by atoms with Crippen LogP contribution in [0.3, 0.4) is 0 Å². The molecule has 1 fully saturated rings. The van der Waals surface area contributed by atoms with Gasteiger partial charge in [0.15, 0.2) is 0 Å². The number of aliphatic carboxylic acids is 1. The fourth-order valence-electron chi connectivity index (χ4n) is 3.18. The van der Waals surface area contributed by atoms with Gasteiger partial charge < -0.3 is 5.11 Å². The largest absolute Gasteiger partial charge is 0.481 e. The van der Waals surface area contributed by atoms with Crippen molar-refractivity contribution in [1.82, 2.24) is 15.0 Å². The monoisotopic (exact) mass is 279 g/mol. The number of unbranched alkanes of at least 4 members (excludes halogenated alkanes) is 1. The number of rotatable bonds is 7. The van der Waals surface area contributed by atoms with Crippen LogP contribution < -0.4 is 0 Å². The van der Waals surface area contributed by atoms with Gasteiger partial charge in [-0.1, -0.05) is 31.4 Å². The fourth-order valence-corrected chi connectivity index (χ4v) is 3.18. The fraction of sp³-hybridized carbons (Fsp3) is 0.800. The third-order valence-electron chi connectivity index (χ3n) is 4.36. The van der Waals surface area contributed by atoms with E-state index in [1.165, 1.54) is 32.1 Å². The lowest BCUT2D eigenvalue weighted by Crippen LogP contribution is -2.23. The van der Waals surface area contributed by atoms with Crippen LogP contribution in [0, 0.1) is 5.92 Å². The Morgan fingerprint density at radius 3 is 2.95 bits per heavy atom. The molecule has 0 spiro atoms. The summed E-state index contributed by atoms with van der Waals surface area (Å²) in [5.74, 6) is 0.00644. The second kappa shape index (κ2) is 7.41. The molecule has 0 amide bonds. The summed E-state index contributed by atoms with van der Waals surface area (Å²) in [5.41, 5.74) is 0.996. The molecule has 2 unspecified atom stereocenters. The first kappa shape index (κ1) is 15.0. The van der Waals surface area contributed by atoms with Crippen molar-refractivity contribution in [2.24, 2.45) is 5.92 Å². The summed E-state index contributed by atoms with van der Waals surface area (Å²) in [4.78, 5) is 10.5. The minimum Gasteiger partial charge on any atom is -0.481 e. The molecule has 1 aromatic heterocycles. The Morgan fingerprint density at radius 2 is 2.20 bits per heavy atom. The molecule has 0 saturated heterocycles. The third-order valence-corrected chi connectivity index (χ3v) is 4.36. The summed E-state index contributed by atoms with van der Waals surface area (Å²) in [6, 6.07) is 0.508. The van der Waals surface area contributed by atoms with Gasteiger partial charge in [0.25, 0.3) is 0 Å². The van der Waals surface area contributed by atoms with E-state index >= 15 is 0 Å². The Balaban J connectivity index is 1.86. The van der Waals surface area contributed by atoms with E-state index in [1.54, 1.807) is 0 Å². The van der Waals surface area contributed by atoms with Crippen molar-refractivity contribution in [1.29, 1.82) is 0 Å². The first-order chi connectivity index (χ1) is 9.70. The number of aromatic nitrogens is 3. The van der Waals surface area contributed by atoms with Gasteiger partial charge >= 0.3 is 5.97 Å². The van der Waals surface area contributed by atoms with Gasteiger partial charge in [0, 0.05) is 12.6 Å². The Morgan fingerprint density at radius 1 is 1.40 bits per heavy atom. The van der Waals surface area contributed by atoms with Crippen LogP contribution in [0.25, 0.3) is 0 Å². The SMILES string of the molecule is CCC1CCCCC1n1cc(CCCCC(=O)O)nn1. The first-order valence-corrected chi connectivity index (χ1v) is 7.83. The number of carboxylic acids is 1. The lowest BCUT2D eigenvalue weighted by atomic mass is 9.83. The lowest BCUT2D eigenvalue weighted by molar-refractivity contribution is -0.137. The average molecular weight is 279 g/mol. The standard InChI is InChI=1S/C15H25N3O2/c1-2-12-7-3-5-9-14(12)18-11-13(16-17-18)8-4-6-10-15(19)20/h11-12,14H,2-10H2,1H3,(H,19,20). The quantitative estimate of drug-likeness (QED) is 0.778. The Bertz CT molecular complexity index is 431. The summed E-state index contributed by atoms with van der Waals surface area (Å²) in [6.45, 7) is 2.26. The summed E-state index contributed by atoms with van der Waals surface area (Å²) in [5, 5.41) is 17.2. The number of carboxylic acid groups (broad SMARTS) is 1. The minimum atomic E-state index is -0.721. The van der Waals surface area contributed by atoms with Crippen LogP contribution >= 0.6 is 0 Å². The molecule has 0 radical (unpaired) electrons. The first-order valence-electron chi connectivity index (χ1n) is 7.83. The van der Waals surface area contributed by atoms with E-state index in [9.17, 15) is 4.79 Å². The van der Waals surface area contributed by atoms with Crippen molar-refractivity contribution in [2.75, 3.05) is 0 Å². The molecule has 112 valence electrons. The van der Waals surface area contributed by atoms with Crippen LogP contribution in [-0.4, -0.2) is 26.1 Å². The molecule has 1 aliphatic carbocycles. The number of hydrogen-bond acceptors (Lipinski definition) is 3. The van der Waals surface area contributed by atoms with E-state index in [4.69, 9.17) is 5.11 Å². The van der Waals surface area contributed by atoms with Crippen LogP contribution in [0.2, 0.25) is 0 Å². The second-order valence-electron chi connectivity index (χ2n) is 5.81. The molecule has 2 atom stereocenters. The molecule has 5 nitrogen and oxygen atoms in total. The van der Waals surface area contributed by atoms with Crippen LogP contribution in [0.4, 0.5) is 0 Å². The number of nitrogens with zero attached hydrogens (tertiary/aromatic N) is 3. The van der Waals surface area contributed by atoms with Gasteiger partial charge in [-0.15, -0.1) is 5.10 Å². The molecule has 5 heteroatoms. The second-order valence-corrected chi connectivity index (χ2v) is 5.81. The summed E-state index contributed by atoms with van der Waals surface area (Å²) >= 11 is 0. The molecule has 1 heterocycles. The maximum Gasteiger partial charge on any atom is 0.303 e. The maximum atomic E-state index is 10.5. The lowest BCUT2D eigenvalue weighted by Gasteiger charge is -2.30. The Hall–Kier alpha value is -1.39. The normalized spacial score (nSPS) is 22.9. The molecule has 1 aliphatic rings. The van der Waals surface area contributed by atoms with Crippen LogP contribution in [0.5, 0.6) is 0 Å². The highest BCUT2D eigenvalue weighted by molar-refractivity contribution is 5.66. The molecule has 1 saturated carbocycles. The highest BCUT2D eigenvalue weighted by Crippen LogP contribution is 2.35. The van der Waals surface area contributed by atoms with E-state index in [0.717, 1.165) is 24.5 Å². The zero-order chi connectivity index (χ0) is 14.4. The molecule has 1 aromatic rings. The van der Waals surface area contributed by atoms with Gasteiger partial charge in [-0.2, -0.15) is 0 Å². The molecule has 0 bridgehead atoms. The Kier molecular flexibility index (Phi) is 5.56. The molecular formula is C15H25N3O2. The van der Waals surface area contributed by atoms with Crippen molar-refractivity contribution in [2.45, 2.75) is 70.8 Å². The van der Waals surface area contributed by atoms with Gasteiger partial charge in [-0.05, 0) is 38.0 Å². The number of carbonyl (C=O) groups is 1.